The molecular formula is C53H34N4O. The molecule has 11 rings (SSSR count). The monoisotopic (exact) mass is 742 g/mol. The Bertz CT molecular complexity index is 3230. The van der Waals surface area contributed by atoms with Crippen molar-refractivity contribution in [1.82, 2.24) is 19.5 Å². The molecule has 0 aliphatic rings. The predicted octanol–water partition coefficient (Wildman–Crippen LogP) is 13.7. The zero-order valence-electron chi connectivity index (χ0n) is 31.3. The Balaban J connectivity index is 1.04. The first kappa shape index (κ1) is 33.4. The molecule has 0 unspecified atom stereocenters. The summed E-state index contributed by atoms with van der Waals surface area (Å²) in [6.45, 7) is 0. The molecule has 0 amide bonds. The lowest BCUT2D eigenvalue weighted by atomic mass is 9.98. The van der Waals surface area contributed by atoms with Crippen LogP contribution in [-0.4, -0.2) is 19.5 Å². The smallest absolute Gasteiger partial charge is 0.145 e. The first-order chi connectivity index (χ1) is 28.8. The summed E-state index contributed by atoms with van der Waals surface area (Å²) >= 11 is 0. The lowest BCUT2D eigenvalue weighted by Gasteiger charge is -2.12. The molecule has 0 fully saturated rings. The van der Waals surface area contributed by atoms with Crippen LogP contribution in [0, 0.1) is 0 Å². The molecule has 0 N–H and O–H groups in total. The van der Waals surface area contributed by atoms with Crippen molar-refractivity contribution in [3.63, 3.8) is 0 Å². The van der Waals surface area contributed by atoms with Gasteiger partial charge in [-0.15, -0.1) is 0 Å². The highest BCUT2D eigenvalue weighted by Gasteiger charge is 2.23. The normalized spacial score (nSPS) is 11.4. The fourth-order valence-electron chi connectivity index (χ4n) is 8.27. The second-order valence-electron chi connectivity index (χ2n) is 14.4. The third-order valence-electron chi connectivity index (χ3n) is 11.0. The third-order valence-corrected chi connectivity index (χ3v) is 11.0. The number of rotatable bonds is 7. The lowest BCUT2D eigenvalue weighted by molar-refractivity contribution is 0.636. The Morgan fingerprint density at radius 1 is 0.379 bits per heavy atom. The lowest BCUT2D eigenvalue weighted by Crippen LogP contribution is -1.95. The quantitative estimate of drug-likeness (QED) is 0.163. The molecule has 0 aliphatic carbocycles. The number of hydrogen-bond acceptors (Lipinski definition) is 4. The van der Waals surface area contributed by atoms with Crippen LogP contribution in [0.2, 0.25) is 0 Å². The molecule has 0 atom stereocenters. The molecule has 5 aromatic heterocycles. The van der Waals surface area contributed by atoms with Crippen molar-refractivity contribution in [2.75, 3.05) is 0 Å². The van der Waals surface area contributed by atoms with E-state index in [4.69, 9.17) is 9.40 Å². The highest BCUT2D eigenvalue weighted by atomic mass is 16.3. The second-order valence-corrected chi connectivity index (χ2v) is 14.4. The van der Waals surface area contributed by atoms with Gasteiger partial charge in [0, 0.05) is 63.5 Å². The van der Waals surface area contributed by atoms with E-state index >= 15 is 0 Å². The molecule has 6 aromatic carbocycles. The van der Waals surface area contributed by atoms with Gasteiger partial charge in [0.1, 0.15) is 11.3 Å². The Morgan fingerprint density at radius 3 is 1.59 bits per heavy atom. The van der Waals surface area contributed by atoms with E-state index in [0.29, 0.717) is 0 Å². The van der Waals surface area contributed by atoms with Gasteiger partial charge in [0.15, 0.2) is 0 Å². The summed E-state index contributed by atoms with van der Waals surface area (Å²) in [6, 6.07) is 63.9. The maximum Gasteiger partial charge on any atom is 0.145 e. The largest absolute Gasteiger partial charge is 0.455 e. The predicted molar refractivity (Wildman–Crippen MR) is 237 cm³/mol. The van der Waals surface area contributed by atoms with Crippen LogP contribution in [0.15, 0.2) is 211 Å². The first-order valence-electron chi connectivity index (χ1n) is 19.4. The third kappa shape index (κ3) is 5.76. The topological polar surface area (TPSA) is 56.7 Å². The number of pyridine rings is 3. The van der Waals surface area contributed by atoms with Gasteiger partial charge in [-0.1, -0.05) is 115 Å². The van der Waals surface area contributed by atoms with E-state index in [0.717, 1.165) is 106 Å². The van der Waals surface area contributed by atoms with Gasteiger partial charge in [-0.2, -0.15) is 0 Å². The molecule has 0 radical (unpaired) electrons. The fourth-order valence-corrected chi connectivity index (χ4v) is 8.27. The summed E-state index contributed by atoms with van der Waals surface area (Å²) in [5, 5.41) is 3.34. The van der Waals surface area contributed by atoms with Crippen LogP contribution in [0.4, 0.5) is 0 Å². The van der Waals surface area contributed by atoms with Gasteiger partial charge in [-0.3, -0.25) is 9.97 Å². The standard InChI is InChI=1S/C53H34N4O/c1-3-9-40(10-4-1)50-45-23-24-49-51(53(45)58-52(50)41-11-5-2-6-12-41)44-13-7-8-14-48(44)57(49)43-21-19-38(20-22-43)46-33-42(34-47(56-46)39-27-31-55-32-28-39)36-17-15-35(16-18-36)37-25-29-54-30-26-37/h1-34H. The van der Waals surface area contributed by atoms with Crippen LogP contribution in [0.25, 0.3) is 106 Å². The summed E-state index contributed by atoms with van der Waals surface area (Å²) in [5.74, 6) is 0.876. The zero-order chi connectivity index (χ0) is 38.4. The summed E-state index contributed by atoms with van der Waals surface area (Å²) in [5.41, 5.74) is 15.8. The van der Waals surface area contributed by atoms with Crippen molar-refractivity contribution in [2.45, 2.75) is 0 Å². The molecule has 272 valence electrons. The minimum absolute atomic E-state index is 0.876. The van der Waals surface area contributed by atoms with E-state index in [2.05, 4.69) is 166 Å². The molecule has 0 saturated carbocycles. The number of aromatic nitrogens is 4. The fraction of sp³-hybridized carbons (Fsp3) is 0. The van der Waals surface area contributed by atoms with Crippen LogP contribution < -0.4 is 0 Å². The Labute approximate surface area is 335 Å². The molecule has 11 aromatic rings. The SMILES string of the molecule is c1ccc(-c2oc3c(ccc4c3c3ccccc3n4-c3ccc(-c4cc(-c5ccc(-c6ccncc6)cc5)cc(-c5ccncc5)n4)cc3)c2-c2ccccc2)cc1. The number of nitrogens with zero attached hydrogens (tertiary/aromatic N) is 4. The van der Waals surface area contributed by atoms with Crippen LogP contribution in [0.1, 0.15) is 0 Å². The van der Waals surface area contributed by atoms with Gasteiger partial charge in [0.2, 0.25) is 0 Å². The van der Waals surface area contributed by atoms with Crippen molar-refractivity contribution < 1.29 is 4.42 Å². The highest BCUT2D eigenvalue weighted by Crippen LogP contribution is 2.46. The van der Waals surface area contributed by atoms with Crippen molar-refractivity contribution in [2.24, 2.45) is 0 Å². The van der Waals surface area contributed by atoms with E-state index in [1.807, 2.05) is 55.1 Å². The van der Waals surface area contributed by atoms with Crippen LogP contribution in [-0.2, 0) is 0 Å². The summed E-state index contributed by atoms with van der Waals surface area (Å²) in [7, 11) is 0. The van der Waals surface area contributed by atoms with Crippen LogP contribution in [0.3, 0.4) is 0 Å². The number of fused-ring (bicyclic) bond motifs is 5. The van der Waals surface area contributed by atoms with E-state index in [1.54, 1.807) is 0 Å². The summed E-state index contributed by atoms with van der Waals surface area (Å²) < 4.78 is 9.33. The van der Waals surface area contributed by atoms with Gasteiger partial charge >= 0.3 is 0 Å². The van der Waals surface area contributed by atoms with Gasteiger partial charge in [-0.25, -0.2) is 4.98 Å². The van der Waals surface area contributed by atoms with E-state index in [1.165, 1.54) is 0 Å². The maximum absolute atomic E-state index is 6.98. The molecule has 0 aliphatic heterocycles. The molecule has 5 nitrogen and oxygen atoms in total. The zero-order valence-corrected chi connectivity index (χ0v) is 31.3. The van der Waals surface area contributed by atoms with Crippen molar-refractivity contribution in [1.29, 1.82) is 0 Å². The van der Waals surface area contributed by atoms with E-state index < -0.39 is 0 Å². The van der Waals surface area contributed by atoms with Gasteiger partial charge in [0.05, 0.1) is 27.8 Å². The van der Waals surface area contributed by atoms with Crippen molar-refractivity contribution in [3.05, 3.63) is 207 Å². The van der Waals surface area contributed by atoms with Crippen LogP contribution >= 0.6 is 0 Å². The average Bonchev–Trinajstić information content (AvgIpc) is 3.87. The minimum atomic E-state index is 0.876. The van der Waals surface area contributed by atoms with Crippen molar-refractivity contribution in [3.8, 4) is 72.9 Å². The van der Waals surface area contributed by atoms with E-state index in [9.17, 15) is 0 Å². The molecule has 0 saturated heterocycles. The van der Waals surface area contributed by atoms with Gasteiger partial charge < -0.3 is 8.98 Å². The second kappa shape index (κ2) is 14.0. The number of para-hydroxylation sites is 1. The van der Waals surface area contributed by atoms with Crippen LogP contribution in [0.5, 0.6) is 0 Å². The Hall–Kier alpha value is -7.89. The van der Waals surface area contributed by atoms with Crippen molar-refractivity contribution >= 4 is 32.8 Å². The Morgan fingerprint density at radius 2 is 0.914 bits per heavy atom. The molecule has 0 spiro atoms. The molecule has 0 bridgehead atoms. The number of furan rings is 1. The highest BCUT2D eigenvalue weighted by molar-refractivity contribution is 6.22. The molecule has 58 heavy (non-hydrogen) atoms. The summed E-state index contributed by atoms with van der Waals surface area (Å²) in [4.78, 5) is 13.6. The molecular weight excluding hydrogens is 709 g/mol. The molecule has 5 heteroatoms. The summed E-state index contributed by atoms with van der Waals surface area (Å²) in [6.07, 6.45) is 7.28. The van der Waals surface area contributed by atoms with E-state index in [-0.39, 0.29) is 0 Å². The minimum Gasteiger partial charge on any atom is -0.455 e. The Kier molecular flexibility index (Phi) is 8.07. The average molecular weight is 743 g/mol. The number of hydrogen-bond donors (Lipinski definition) is 0. The maximum atomic E-state index is 6.98. The van der Waals surface area contributed by atoms with Gasteiger partial charge in [-0.05, 0) is 94.5 Å². The first-order valence-corrected chi connectivity index (χ1v) is 19.4. The molecule has 5 heterocycles. The van der Waals surface area contributed by atoms with Gasteiger partial charge in [0.25, 0.3) is 0 Å². The number of benzene rings is 6.